The van der Waals surface area contributed by atoms with E-state index in [9.17, 15) is 17.6 Å². The summed E-state index contributed by atoms with van der Waals surface area (Å²) < 4.78 is 73.2. The molecule has 1 nitrogen and oxygen atoms in total. The van der Waals surface area contributed by atoms with Crippen LogP contribution < -0.4 is 0 Å². The van der Waals surface area contributed by atoms with Gasteiger partial charge in [0.1, 0.15) is 11.6 Å². The van der Waals surface area contributed by atoms with Crippen LogP contribution in [0.5, 0.6) is 0 Å². The van der Waals surface area contributed by atoms with Gasteiger partial charge in [0.25, 0.3) is 0 Å². The fraction of sp³-hybridized carbons (Fsp3) is 0.795. The summed E-state index contributed by atoms with van der Waals surface area (Å²) in [4.78, 5) is 0. The first-order chi connectivity index (χ1) is 21.7. The monoisotopic (exact) mass is 636 g/mol. The Kier molecular flexibility index (Phi) is 12.9. The van der Waals surface area contributed by atoms with E-state index in [2.05, 4.69) is 13.0 Å². The second kappa shape index (κ2) is 16.6. The van der Waals surface area contributed by atoms with Crippen molar-refractivity contribution in [2.24, 2.45) is 35.5 Å². The first-order valence-electron chi connectivity index (χ1n) is 18.5. The number of benzene rings is 1. The van der Waals surface area contributed by atoms with Crippen molar-refractivity contribution in [3.8, 4) is 0 Å². The minimum atomic E-state index is -4.58. The van der Waals surface area contributed by atoms with Crippen molar-refractivity contribution < 1.29 is 26.7 Å². The van der Waals surface area contributed by atoms with Crippen LogP contribution in [0, 0.1) is 41.3 Å². The minimum absolute atomic E-state index is 0.0448. The van der Waals surface area contributed by atoms with E-state index in [1.54, 1.807) is 0 Å². The zero-order valence-corrected chi connectivity index (χ0v) is 27.6. The second-order valence-corrected chi connectivity index (χ2v) is 15.3. The molecule has 1 aliphatic heterocycles. The van der Waals surface area contributed by atoms with E-state index in [1.807, 2.05) is 12.1 Å². The van der Waals surface area contributed by atoms with Crippen LogP contribution in [0.15, 0.2) is 30.1 Å². The zero-order chi connectivity index (χ0) is 31.8. The number of rotatable bonds is 11. The summed E-state index contributed by atoms with van der Waals surface area (Å²) in [5.74, 6) is 1.97. The van der Waals surface area contributed by atoms with Crippen LogP contribution in [0.1, 0.15) is 146 Å². The molecule has 0 amide bonds. The third-order valence-electron chi connectivity index (χ3n) is 12.3. The molecule has 1 aromatic rings. The number of alkyl halides is 3. The van der Waals surface area contributed by atoms with Gasteiger partial charge < -0.3 is 4.74 Å². The van der Waals surface area contributed by atoms with Crippen LogP contribution in [0.2, 0.25) is 0 Å². The third kappa shape index (κ3) is 10.3. The highest BCUT2D eigenvalue weighted by atomic mass is 19.4. The smallest absolute Gasteiger partial charge is 0.378 e. The van der Waals surface area contributed by atoms with Crippen molar-refractivity contribution >= 4 is 0 Å². The van der Waals surface area contributed by atoms with Crippen LogP contribution in [0.4, 0.5) is 22.0 Å². The number of hydrogen-bond acceptors (Lipinski definition) is 1. The molecule has 0 bridgehead atoms. The summed E-state index contributed by atoms with van der Waals surface area (Å²) in [5.41, 5.74) is 2.00. The van der Waals surface area contributed by atoms with Gasteiger partial charge in [-0.1, -0.05) is 51.2 Å². The van der Waals surface area contributed by atoms with Gasteiger partial charge in [-0.3, -0.25) is 0 Å². The molecular weight excluding hydrogens is 579 g/mol. The molecule has 1 saturated heterocycles. The predicted octanol–water partition coefficient (Wildman–Crippen LogP) is 12.4. The molecule has 5 rings (SSSR count). The van der Waals surface area contributed by atoms with Gasteiger partial charge in [0, 0.05) is 12.5 Å². The average molecular weight is 637 g/mol. The van der Waals surface area contributed by atoms with Crippen LogP contribution in [-0.2, 0) is 11.2 Å². The Morgan fingerprint density at radius 1 is 0.778 bits per heavy atom. The highest BCUT2D eigenvalue weighted by Crippen LogP contribution is 2.45. The largest absolute Gasteiger partial charge is 0.412 e. The normalized spacial score (nSPS) is 33.7. The van der Waals surface area contributed by atoms with E-state index < -0.39 is 17.9 Å². The topological polar surface area (TPSA) is 9.23 Å². The van der Waals surface area contributed by atoms with E-state index >= 15 is 4.39 Å². The molecule has 4 aliphatic rings. The molecule has 2 atom stereocenters. The van der Waals surface area contributed by atoms with Crippen molar-refractivity contribution in [3.05, 3.63) is 47.0 Å². The van der Waals surface area contributed by atoms with Gasteiger partial charge >= 0.3 is 6.18 Å². The van der Waals surface area contributed by atoms with Gasteiger partial charge in [-0.15, -0.1) is 0 Å². The molecule has 3 aliphatic carbocycles. The highest BCUT2D eigenvalue weighted by Gasteiger charge is 2.35. The van der Waals surface area contributed by atoms with Crippen molar-refractivity contribution in [3.63, 3.8) is 0 Å². The van der Waals surface area contributed by atoms with Gasteiger partial charge in [0.2, 0.25) is 0 Å². The number of aryl methyl sites for hydroxylation is 1. The Hall–Kier alpha value is -1.43. The quantitative estimate of drug-likeness (QED) is 0.173. The first kappa shape index (κ1) is 34.9. The third-order valence-corrected chi connectivity index (χ3v) is 12.3. The van der Waals surface area contributed by atoms with Gasteiger partial charge in [0.05, 0.1) is 12.2 Å². The lowest BCUT2D eigenvalue weighted by Crippen LogP contribution is -2.34. The molecule has 0 spiro atoms. The number of unbranched alkanes of at least 4 members (excludes halogenated alkanes) is 2. The summed E-state index contributed by atoms with van der Waals surface area (Å²) in [5, 5.41) is 0. The van der Waals surface area contributed by atoms with Crippen molar-refractivity contribution in [2.45, 2.75) is 154 Å². The molecule has 1 aromatic carbocycles. The Balaban J connectivity index is 0.989. The van der Waals surface area contributed by atoms with E-state index in [4.69, 9.17) is 4.74 Å². The highest BCUT2D eigenvalue weighted by molar-refractivity contribution is 5.27. The SMILES string of the molecule is CCCCCC1CCC(C2CCC(c3ccc(CCC4CCC(C5CCC(/C(F)=C/C(F)(F)F)CC5)CC4)c(F)c3)CC2)OC1. The average Bonchev–Trinajstić information content (AvgIpc) is 3.04. The standard InChI is InChI=1S/C39H57F5O/c1-2-3-4-5-28-9-23-38(45-26-28)34-20-15-31(16-21-34)35-22-19-32(36(40)24-35)12-8-27-6-10-29(11-7-27)30-13-17-33(18-14-30)37(41)25-39(42,43)44/h19,22,24-25,27-31,33-34,38H,2-18,20-21,23,26H2,1H3/b37-25-. The summed E-state index contributed by atoms with van der Waals surface area (Å²) in [6.45, 7) is 3.21. The van der Waals surface area contributed by atoms with Gasteiger partial charge in [-0.05, 0) is 149 Å². The van der Waals surface area contributed by atoms with E-state index in [0.29, 0.717) is 48.5 Å². The number of halogens is 5. The molecule has 1 heterocycles. The van der Waals surface area contributed by atoms with Gasteiger partial charge in [-0.2, -0.15) is 13.2 Å². The van der Waals surface area contributed by atoms with E-state index in [1.165, 1.54) is 56.9 Å². The summed E-state index contributed by atoms with van der Waals surface area (Å²) in [6, 6.07) is 6.04. The molecule has 0 radical (unpaired) electrons. The van der Waals surface area contributed by atoms with E-state index in [-0.39, 0.29) is 11.9 Å². The molecule has 6 heteroatoms. The lowest BCUT2D eigenvalue weighted by atomic mass is 9.68. The number of allylic oxidation sites excluding steroid dienone is 2. The predicted molar refractivity (Wildman–Crippen MR) is 172 cm³/mol. The number of ether oxygens (including phenoxy) is 1. The summed E-state index contributed by atoms with van der Waals surface area (Å²) in [7, 11) is 0. The van der Waals surface area contributed by atoms with Crippen LogP contribution >= 0.6 is 0 Å². The lowest BCUT2D eigenvalue weighted by molar-refractivity contribution is -0.0821. The first-order valence-corrected chi connectivity index (χ1v) is 18.5. The maximum atomic E-state index is 15.2. The van der Waals surface area contributed by atoms with E-state index in [0.717, 1.165) is 82.3 Å². The molecule has 0 aromatic heterocycles. The fourth-order valence-corrected chi connectivity index (χ4v) is 9.40. The Bertz CT molecular complexity index is 1050. The molecule has 4 fully saturated rings. The minimum Gasteiger partial charge on any atom is -0.378 e. The van der Waals surface area contributed by atoms with Crippen molar-refractivity contribution in [1.29, 1.82) is 0 Å². The zero-order valence-electron chi connectivity index (χ0n) is 27.6. The van der Waals surface area contributed by atoms with Gasteiger partial charge in [0.15, 0.2) is 0 Å². The van der Waals surface area contributed by atoms with Crippen molar-refractivity contribution in [2.75, 3.05) is 6.61 Å². The van der Waals surface area contributed by atoms with Crippen LogP contribution in [0.3, 0.4) is 0 Å². The Morgan fingerprint density at radius 3 is 2.02 bits per heavy atom. The molecule has 2 unspecified atom stereocenters. The summed E-state index contributed by atoms with van der Waals surface area (Å²) in [6.07, 6.45) is 17.2. The number of hydrogen-bond donors (Lipinski definition) is 0. The van der Waals surface area contributed by atoms with Crippen molar-refractivity contribution in [1.82, 2.24) is 0 Å². The Labute approximate surface area is 269 Å². The fourth-order valence-electron chi connectivity index (χ4n) is 9.40. The molecule has 45 heavy (non-hydrogen) atoms. The molecule has 254 valence electrons. The second-order valence-electron chi connectivity index (χ2n) is 15.3. The summed E-state index contributed by atoms with van der Waals surface area (Å²) >= 11 is 0. The van der Waals surface area contributed by atoms with Gasteiger partial charge in [-0.25, -0.2) is 8.78 Å². The maximum absolute atomic E-state index is 15.2. The molecular formula is C39H57F5O. The van der Waals surface area contributed by atoms with Crippen LogP contribution in [0.25, 0.3) is 0 Å². The molecule has 3 saturated carbocycles. The maximum Gasteiger partial charge on any atom is 0.412 e. The Morgan fingerprint density at radius 2 is 1.42 bits per heavy atom. The van der Waals surface area contributed by atoms with Crippen LogP contribution in [-0.4, -0.2) is 18.9 Å². The lowest BCUT2D eigenvalue weighted by Gasteiger charge is -2.38. The molecule has 0 N–H and O–H groups in total.